The number of hydrogen-bond acceptors (Lipinski definition) is 5. The summed E-state index contributed by atoms with van der Waals surface area (Å²) in [6.07, 6.45) is 3.39. The van der Waals surface area contributed by atoms with Crippen molar-refractivity contribution in [3.63, 3.8) is 0 Å². The molecule has 0 bridgehead atoms. The zero-order valence-corrected chi connectivity index (χ0v) is 12.3. The van der Waals surface area contributed by atoms with E-state index in [0.29, 0.717) is 23.8 Å². The van der Waals surface area contributed by atoms with Crippen molar-refractivity contribution in [2.75, 3.05) is 5.32 Å². The van der Waals surface area contributed by atoms with Gasteiger partial charge < -0.3 is 10.1 Å². The molecule has 5 nitrogen and oxygen atoms in total. The van der Waals surface area contributed by atoms with Gasteiger partial charge in [0.15, 0.2) is 0 Å². The van der Waals surface area contributed by atoms with Gasteiger partial charge in [-0.2, -0.15) is 5.26 Å². The molecule has 2 heterocycles. The monoisotopic (exact) mass is 302 g/mol. The smallest absolute Gasteiger partial charge is 0.219 e. The van der Waals surface area contributed by atoms with Gasteiger partial charge in [-0.05, 0) is 29.8 Å². The van der Waals surface area contributed by atoms with Gasteiger partial charge in [0.05, 0.1) is 5.56 Å². The topological polar surface area (TPSA) is 70.8 Å². The molecule has 1 N–H and O–H groups in total. The number of ether oxygens (including phenoxy) is 1. The average molecular weight is 302 g/mol. The summed E-state index contributed by atoms with van der Waals surface area (Å²) in [6, 6.07) is 18.8. The fourth-order valence-corrected chi connectivity index (χ4v) is 2.01. The van der Waals surface area contributed by atoms with E-state index in [1.807, 2.05) is 42.5 Å². The normalized spacial score (nSPS) is 9.87. The lowest BCUT2D eigenvalue weighted by atomic mass is 10.2. The highest BCUT2D eigenvalue weighted by Gasteiger charge is 2.03. The Morgan fingerprint density at radius 1 is 1.00 bits per heavy atom. The summed E-state index contributed by atoms with van der Waals surface area (Å²) in [5, 5.41) is 12.2. The molecule has 0 saturated carbocycles. The van der Waals surface area contributed by atoms with Gasteiger partial charge in [-0.1, -0.05) is 24.3 Å². The van der Waals surface area contributed by atoms with Crippen LogP contribution in [0.15, 0.2) is 67.0 Å². The van der Waals surface area contributed by atoms with Gasteiger partial charge in [0.1, 0.15) is 17.6 Å². The highest BCUT2D eigenvalue weighted by Crippen LogP contribution is 2.19. The van der Waals surface area contributed by atoms with Crippen molar-refractivity contribution in [2.45, 2.75) is 6.54 Å². The third kappa shape index (κ3) is 3.83. The van der Waals surface area contributed by atoms with E-state index in [2.05, 4.69) is 21.4 Å². The second kappa shape index (κ2) is 7.05. The number of hydrogen-bond donors (Lipinski definition) is 1. The number of aromatic nitrogens is 2. The second-order valence-electron chi connectivity index (χ2n) is 4.78. The molecule has 0 saturated heterocycles. The Balaban J connectivity index is 1.63. The third-order valence-electron chi connectivity index (χ3n) is 3.15. The van der Waals surface area contributed by atoms with Crippen LogP contribution in [-0.2, 0) is 6.54 Å². The molecule has 0 amide bonds. The van der Waals surface area contributed by atoms with Crippen LogP contribution < -0.4 is 10.1 Å². The molecule has 1 aromatic carbocycles. The van der Waals surface area contributed by atoms with Crippen LogP contribution in [0.2, 0.25) is 0 Å². The SMILES string of the molecule is N#Cc1cccnc1NCc1ccc(Oc2ccccc2)nc1. The Bertz CT molecular complexity index is 810. The number of rotatable bonds is 5. The number of nitriles is 1. The maximum absolute atomic E-state index is 9.03. The first kappa shape index (κ1) is 14.5. The van der Waals surface area contributed by atoms with Gasteiger partial charge in [-0.3, -0.25) is 0 Å². The third-order valence-corrected chi connectivity index (χ3v) is 3.15. The fraction of sp³-hybridized carbons (Fsp3) is 0.0556. The molecular weight excluding hydrogens is 288 g/mol. The van der Waals surface area contributed by atoms with E-state index in [1.54, 1.807) is 24.5 Å². The van der Waals surface area contributed by atoms with E-state index in [-0.39, 0.29) is 0 Å². The molecule has 2 aromatic heterocycles. The van der Waals surface area contributed by atoms with Crippen molar-refractivity contribution < 1.29 is 4.74 Å². The standard InChI is InChI=1S/C18H14N4O/c19-11-15-5-4-10-20-18(15)22-13-14-8-9-17(21-12-14)23-16-6-2-1-3-7-16/h1-10,12H,13H2,(H,20,22). The minimum atomic E-state index is 0.518. The molecule has 23 heavy (non-hydrogen) atoms. The second-order valence-corrected chi connectivity index (χ2v) is 4.78. The van der Waals surface area contributed by atoms with Gasteiger partial charge in [0.25, 0.3) is 0 Å². The molecule has 0 fully saturated rings. The predicted molar refractivity (Wildman–Crippen MR) is 87.0 cm³/mol. The lowest BCUT2D eigenvalue weighted by Crippen LogP contribution is -2.03. The molecule has 5 heteroatoms. The molecule has 0 spiro atoms. The molecule has 112 valence electrons. The van der Waals surface area contributed by atoms with Crippen molar-refractivity contribution in [2.24, 2.45) is 0 Å². The van der Waals surface area contributed by atoms with Crippen LogP contribution in [0.25, 0.3) is 0 Å². The fourth-order valence-electron chi connectivity index (χ4n) is 2.01. The minimum Gasteiger partial charge on any atom is -0.439 e. The van der Waals surface area contributed by atoms with Crippen molar-refractivity contribution in [1.82, 2.24) is 9.97 Å². The average Bonchev–Trinajstić information content (AvgIpc) is 2.62. The Hall–Kier alpha value is -3.39. The maximum atomic E-state index is 9.03. The largest absolute Gasteiger partial charge is 0.439 e. The highest BCUT2D eigenvalue weighted by atomic mass is 16.5. The van der Waals surface area contributed by atoms with Gasteiger partial charge in [0, 0.05) is 25.0 Å². The molecule has 3 rings (SSSR count). The predicted octanol–water partition coefficient (Wildman–Crippen LogP) is 3.75. The summed E-state index contributed by atoms with van der Waals surface area (Å²) in [4.78, 5) is 8.44. The molecule has 0 radical (unpaired) electrons. The number of pyridine rings is 2. The number of nitrogens with one attached hydrogen (secondary N) is 1. The Morgan fingerprint density at radius 2 is 1.87 bits per heavy atom. The van der Waals surface area contributed by atoms with E-state index in [1.165, 1.54) is 0 Å². The van der Waals surface area contributed by atoms with Crippen molar-refractivity contribution in [1.29, 1.82) is 5.26 Å². The number of para-hydroxylation sites is 1. The molecule has 0 unspecified atom stereocenters. The van der Waals surface area contributed by atoms with Crippen LogP contribution in [0.4, 0.5) is 5.82 Å². The minimum absolute atomic E-state index is 0.518. The summed E-state index contributed by atoms with van der Waals surface area (Å²) in [5.41, 5.74) is 1.49. The van der Waals surface area contributed by atoms with Gasteiger partial charge >= 0.3 is 0 Å². The van der Waals surface area contributed by atoms with Crippen molar-refractivity contribution >= 4 is 5.82 Å². The van der Waals surface area contributed by atoms with Crippen molar-refractivity contribution in [3.05, 3.63) is 78.1 Å². The summed E-state index contributed by atoms with van der Waals surface area (Å²) in [7, 11) is 0. The van der Waals surface area contributed by atoms with E-state index < -0.39 is 0 Å². The lowest BCUT2D eigenvalue weighted by molar-refractivity contribution is 0.462. The maximum Gasteiger partial charge on any atom is 0.219 e. The van der Waals surface area contributed by atoms with E-state index >= 15 is 0 Å². The lowest BCUT2D eigenvalue weighted by Gasteiger charge is -2.08. The quantitative estimate of drug-likeness (QED) is 0.777. The van der Waals surface area contributed by atoms with Gasteiger partial charge in [-0.15, -0.1) is 0 Å². The zero-order chi connectivity index (χ0) is 15.9. The summed E-state index contributed by atoms with van der Waals surface area (Å²) < 4.78 is 5.65. The van der Waals surface area contributed by atoms with Crippen LogP contribution >= 0.6 is 0 Å². The first-order chi connectivity index (χ1) is 11.3. The van der Waals surface area contributed by atoms with Crippen LogP contribution in [0.5, 0.6) is 11.6 Å². The molecule has 0 atom stereocenters. The van der Waals surface area contributed by atoms with Crippen LogP contribution in [-0.4, -0.2) is 9.97 Å². The molecule has 3 aromatic rings. The highest BCUT2D eigenvalue weighted by molar-refractivity contribution is 5.51. The number of nitrogens with zero attached hydrogens (tertiary/aromatic N) is 3. The Morgan fingerprint density at radius 3 is 2.61 bits per heavy atom. The Kier molecular flexibility index (Phi) is 4.46. The van der Waals surface area contributed by atoms with Crippen LogP contribution in [0.1, 0.15) is 11.1 Å². The Labute approximate surface area is 134 Å². The van der Waals surface area contributed by atoms with E-state index in [0.717, 1.165) is 11.3 Å². The molecule has 0 aliphatic heterocycles. The summed E-state index contributed by atoms with van der Waals surface area (Å²) in [6.45, 7) is 0.532. The zero-order valence-electron chi connectivity index (χ0n) is 12.3. The number of anilines is 1. The van der Waals surface area contributed by atoms with Crippen LogP contribution in [0.3, 0.4) is 0 Å². The van der Waals surface area contributed by atoms with Crippen LogP contribution in [0, 0.1) is 11.3 Å². The molecule has 0 aliphatic carbocycles. The first-order valence-electron chi connectivity index (χ1n) is 7.12. The van der Waals surface area contributed by atoms with Gasteiger partial charge in [-0.25, -0.2) is 9.97 Å². The summed E-state index contributed by atoms with van der Waals surface area (Å²) in [5.74, 6) is 1.85. The van der Waals surface area contributed by atoms with E-state index in [4.69, 9.17) is 10.00 Å². The van der Waals surface area contributed by atoms with Gasteiger partial charge in [0.2, 0.25) is 5.88 Å². The first-order valence-corrected chi connectivity index (χ1v) is 7.12. The molecule has 0 aliphatic rings. The van der Waals surface area contributed by atoms with E-state index in [9.17, 15) is 0 Å². The summed E-state index contributed by atoms with van der Waals surface area (Å²) >= 11 is 0. The molecular formula is C18H14N4O. The number of benzene rings is 1. The van der Waals surface area contributed by atoms with Crippen molar-refractivity contribution in [3.8, 4) is 17.7 Å².